The number of carbonyl (C=O) groups is 2. The summed E-state index contributed by atoms with van der Waals surface area (Å²) in [7, 11) is 0. The zero-order chi connectivity index (χ0) is 30.6. The van der Waals surface area contributed by atoms with Gasteiger partial charge in [-0.05, 0) is 71.6 Å². The molecule has 0 saturated carbocycles. The number of hydrogen-bond acceptors (Lipinski definition) is 8. The van der Waals surface area contributed by atoms with E-state index >= 15 is 0 Å². The molecule has 4 aliphatic heterocycles. The largest absolute Gasteiger partial charge is 0.462 e. The van der Waals surface area contributed by atoms with E-state index in [4.69, 9.17) is 29.4 Å². The van der Waals surface area contributed by atoms with Crippen LogP contribution >= 0.6 is 0 Å². The molecule has 8 heteroatoms. The van der Waals surface area contributed by atoms with Crippen molar-refractivity contribution in [3.8, 4) is 0 Å². The average Bonchev–Trinajstić information content (AvgIpc) is 3.74. The fraction of sp³-hybridized carbons (Fsp3) is 0.941. The van der Waals surface area contributed by atoms with Gasteiger partial charge in [0.25, 0.3) is 0 Å². The smallest absolute Gasteiger partial charge is 0.311 e. The van der Waals surface area contributed by atoms with Gasteiger partial charge in [-0.15, -0.1) is 0 Å². The van der Waals surface area contributed by atoms with Crippen molar-refractivity contribution < 1.29 is 33.3 Å². The van der Waals surface area contributed by atoms with Crippen molar-refractivity contribution in [1.29, 1.82) is 0 Å². The Bertz CT molecular complexity index is 884. The van der Waals surface area contributed by atoms with Crippen LogP contribution in [-0.4, -0.2) is 66.8 Å². The van der Waals surface area contributed by atoms with Crippen LogP contribution < -0.4 is 5.73 Å². The molecule has 0 aromatic heterocycles. The molecule has 4 rings (SSSR count). The third kappa shape index (κ3) is 7.89. The number of hydrogen-bond donors (Lipinski definition) is 1. The molecule has 0 aliphatic carbocycles. The first-order chi connectivity index (χ1) is 20.0. The lowest BCUT2D eigenvalue weighted by Gasteiger charge is -2.37. The number of ether oxygens (including phenoxy) is 5. The van der Waals surface area contributed by atoms with Crippen LogP contribution in [0, 0.1) is 29.6 Å². The molecule has 0 unspecified atom stereocenters. The minimum atomic E-state index is -0.384. The Labute approximate surface area is 254 Å². The lowest BCUT2D eigenvalue weighted by molar-refractivity contribution is -0.177. The molecule has 0 radical (unpaired) electrons. The fourth-order valence-electron chi connectivity index (χ4n) is 7.88. The van der Waals surface area contributed by atoms with Gasteiger partial charge in [0.1, 0.15) is 12.2 Å². The average molecular weight is 594 g/mol. The van der Waals surface area contributed by atoms with Crippen LogP contribution in [0.2, 0.25) is 0 Å². The number of cyclic esters (lactones) is 2. The first-order valence-corrected chi connectivity index (χ1v) is 17.2. The molecule has 4 fully saturated rings. The molecule has 4 bridgehead atoms. The van der Waals surface area contributed by atoms with Gasteiger partial charge >= 0.3 is 11.9 Å². The highest BCUT2D eigenvalue weighted by molar-refractivity contribution is 5.73. The highest BCUT2D eigenvalue weighted by Gasteiger charge is 2.46. The predicted molar refractivity (Wildman–Crippen MR) is 162 cm³/mol. The van der Waals surface area contributed by atoms with Crippen LogP contribution in [-0.2, 0) is 33.3 Å². The fourth-order valence-corrected chi connectivity index (χ4v) is 7.88. The Kier molecular flexibility index (Phi) is 12.2. The minimum Gasteiger partial charge on any atom is -0.462 e. The third-order valence-electron chi connectivity index (χ3n) is 10.9. The molecule has 4 aliphatic rings. The lowest BCUT2D eigenvalue weighted by atomic mass is 9.84. The molecule has 4 saturated heterocycles. The van der Waals surface area contributed by atoms with E-state index in [0.717, 1.165) is 70.6 Å². The second-order valence-electron chi connectivity index (χ2n) is 14.1. The molecule has 2 N–H and O–H groups in total. The summed E-state index contributed by atoms with van der Waals surface area (Å²) in [6.07, 6.45) is 8.82. The van der Waals surface area contributed by atoms with Gasteiger partial charge < -0.3 is 29.4 Å². The maximum atomic E-state index is 13.7. The quantitative estimate of drug-likeness (QED) is 0.344. The van der Waals surface area contributed by atoms with E-state index in [0.29, 0.717) is 0 Å². The molecule has 0 spiro atoms. The molecule has 242 valence electrons. The lowest BCUT2D eigenvalue weighted by Crippen LogP contribution is -2.45. The molecular formula is C34H59NO7. The molecule has 4 heterocycles. The zero-order valence-electron chi connectivity index (χ0n) is 27.3. The first kappa shape index (κ1) is 33.7. The number of rotatable bonds is 8. The summed E-state index contributed by atoms with van der Waals surface area (Å²) in [4.78, 5) is 27.1. The van der Waals surface area contributed by atoms with Crippen molar-refractivity contribution in [3.05, 3.63) is 0 Å². The van der Waals surface area contributed by atoms with Crippen LogP contribution in [0.3, 0.4) is 0 Å². The number of esters is 2. The Morgan fingerprint density at radius 2 is 1.31 bits per heavy atom. The summed E-state index contributed by atoms with van der Waals surface area (Å²) in [5, 5.41) is 0. The van der Waals surface area contributed by atoms with Gasteiger partial charge in [0.15, 0.2) is 0 Å². The topological polar surface area (TPSA) is 106 Å². The van der Waals surface area contributed by atoms with Crippen LogP contribution in [0.25, 0.3) is 0 Å². The van der Waals surface area contributed by atoms with Gasteiger partial charge in [-0.1, -0.05) is 47.5 Å². The highest BCUT2D eigenvalue weighted by Crippen LogP contribution is 2.40. The highest BCUT2D eigenvalue weighted by atomic mass is 16.6. The van der Waals surface area contributed by atoms with Gasteiger partial charge in [-0.25, -0.2) is 0 Å². The molecular weight excluding hydrogens is 534 g/mol. The van der Waals surface area contributed by atoms with E-state index in [9.17, 15) is 9.59 Å². The second kappa shape index (κ2) is 15.2. The van der Waals surface area contributed by atoms with Gasteiger partial charge in [-0.3, -0.25) is 9.59 Å². The van der Waals surface area contributed by atoms with Crippen molar-refractivity contribution in [1.82, 2.24) is 0 Å². The first-order valence-electron chi connectivity index (χ1n) is 17.2. The van der Waals surface area contributed by atoms with Crippen molar-refractivity contribution in [2.24, 2.45) is 35.3 Å². The Morgan fingerprint density at radius 3 is 1.90 bits per heavy atom. The van der Waals surface area contributed by atoms with Crippen molar-refractivity contribution >= 4 is 11.9 Å². The molecule has 0 aromatic carbocycles. The van der Waals surface area contributed by atoms with Gasteiger partial charge in [0.05, 0.1) is 48.5 Å². The summed E-state index contributed by atoms with van der Waals surface area (Å²) in [5.41, 5.74) is 6.34. The van der Waals surface area contributed by atoms with Gasteiger partial charge in [0, 0.05) is 23.8 Å². The number of carbonyl (C=O) groups excluding carboxylic acids is 2. The second-order valence-corrected chi connectivity index (χ2v) is 14.1. The van der Waals surface area contributed by atoms with E-state index in [-0.39, 0.29) is 96.4 Å². The summed E-state index contributed by atoms with van der Waals surface area (Å²) in [5.74, 6) is -1.13. The van der Waals surface area contributed by atoms with Crippen molar-refractivity contribution in [2.45, 2.75) is 174 Å². The predicted octanol–water partition coefficient (Wildman–Crippen LogP) is 5.96. The van der Waals surface area contributed by atoms with Crippen LogP contribution in [0.1, 0.15) is 119 Å². The Morgan fingerprint density at radius 1 is 0.738 bits per heavy atom. The standard InChI is InChI=1S/C34H59NO7/c1-8-10-24(35)18-25-12-13-28(38-25)20(4)32-21(5)29-15-17-30(40-29)22(6)33(36)41-26(11-9-2)19(3)27-14-16-31(39-27)23(7)34(37)42-32/h19-32H,8-18,35H2,1-7H3/t19-,20+,21+,22+,23-,24+,25-,26-,27-,28+,29-,30+,31+,32-/m0/s1. The summed E-state index contributed by atoms with van der Waals surface area (Å²) >= 11 is 0. The normalized spacial score (nSPS) is 43.1. The Hall–Kier alpha value is -1.22. The summed E-state index contributed by atoms with van der Waals surface area (Å²) in [6.45, 7) is 14.5. The summed E-state index contributed by atoms with van der Waals surface area (Å²) in [6, 6.07) is 0.155. The molecule has 42 heavy (non-hydrogen) atoms. The third-order valence-corrected chi connectivity index (χ3v) is 10.9. The molecule has 14 atom stereocenters. The maximum Gasteiger partial charge on any atom is 0.311 e. The van der Waals surface area contributed by atoms with E-state index in [1.54, 1.807) is 0 Å². The Balaban J connectivity index is 1.54. The van der Waals surface area contributed by atoms with Gasteiger partial charge in [0.2, 0.25) is 0 Å². The van der Waals surface area contributed by atoms with Crippen molar-refractivity contribution in [3.63, 3.8) is 0 Å². The van der Waals surface area contributed by atoms with Crippen molar-refractivity contribution in [2.75, 3.05) is 0 Å². The molecule has 8 nitrogen and oxygen atoms in total. The maximum absolute atomic E-state index is 13.7. The minimum absolute atomic E-state index is 0.000425. The van der Waals surface area contributed by atoms with E-state index < -0.39 is 0 Å². The van der Waals surface area contributed by atoms with E-state index in [1.807, 2.05) is 13.8 Å². The van der Waals surface area contributed by atoms with Crippen LogP contribution in [0.4, 0.5) is 0 Å². The van der Waals surface area contributed by atoms with Gasteiger partial charge in [-0.2, -0.15) is 0 Å². The number of nitrogens with two attached hydrogens (primary N) is 1. The van der Waals surface area contributed by atoms with Crippen LogP contribution in [0.5, 0.6) is 0 Å². The zero-order valence-corrected chi connectivity index (χ0v) is 27.3. The SMILES string of the molecule is CCC[C@@H](N)C[C@@H]1CC[C@H]([C@@H](C)[C@@H]2OC(=O)[C@@H](C)[C@H]3CC[C@H](O3)[C@@H](C)[C@H](CCC)OC(=O)[C@H](C)[C@H]3CC[C@H](O3)[C@H]2C)O1. The van der Waals surface area contributed by atoms with E-state index in [2.05, 4.69) is 34.6 Å². The van der Waals surface area contributed by atoms with Crippen LogP contribution in [0.15, 0.2) is 0 Å². The van der Waals surface area contributed by atoms with E-state index in [1.165, 1.54) is 0 Å². The molecule has 0 amide bonds. The molecule has 0 aromatic rings. The monoisotopic (exact) mass is 593 g/mol. The number of fused-ring (bicyclic) bond motifs is 4. The summed E-state index contributed by atoms with van der Waals surface area (Å²) < 4.78 is 32.2.